The molecular weight excluding hydrogens is 496 g/mol. The van der Waals surface area contributed by atoms with Crippen LogP contribution in [-0.4, -0.2) is 62.8 Å². The Hall–Kier alpha value is -3.42. The summed E-state index contributed by atoms with van der Waals surface area (Å²) in [5.41, 5.74) is 0.299. The van der Waals surface area contributed by atoms with Crippen LogP contribution >= 0.6 is 0 Å². The Bertz CT molecular complexity index is 1150. The van der Waals surface area contributed by atoms with Gasteiger partial charge in [-0.05, 0) is 45.0 Å². The molecule has 10 heteroatoms. The number of halogens is 2. The van der Waals surface area contributed by atoms with Crippen molar-refractivity contribution in [3.8, 4) is 11.8 Å². The summed E-state index contributed by atoms with van der Waals surface area (Å²) >= 11 is 0. The Labute approximate surface area is 221 Å². The fourth-order valence-corrected chi connectivity index (χ4v) is 4.54. The Morgan fingerprint density at radius 3 is 2.29 bits per heavy atom. The van der Waals surface area contributed by atoms with Crippen LogP contribution in [0.4, 0.5) is 19.3 Å². The summed E-state index contributed by atoms with van der Waals surface area (Å²) in [6, 6.07) is 11.2. The number of hydrogen-bond donors (Lipinski definition) is 0. The lowest BCUT2D eigenvalue weighted by Gasteiger charge is -2.52. The molecular formula is C28H33F2N3O5. The first-order valence-electron chi connectivity index (χ1n) is 12.5. The molecule has 8 nitrogen and oxygen atoms in total. The molecule has 2 aliphatic rings. The van der Waals surface area contributed by atoms with E-state index in [0.29, 0.717) is 50.5 Å². The van der Waals surface area contributed by atoms with Crippen LogP contribution in [0, 0.1) is 28.4 Å². The molecule has 1 amide bonds. The number of rotatable bonds is 7. The van der Waals surface area contributed by atoms with E-state index < -0.39 is 23.5 Å². The van der Waals surface area contributed by atoms with Gasteiger partial charge in [0.1, 0.15) is 23.0 Å². The lowest BCUT2D eigenvalue weighted by molar-refractivity contribution is -0.254. The summed E-state index contributed by atoms with van der Waals surface area (Å²) in [5.74, 6) is -1.30. The molecule has 1 spiro atoms. The minimum atomic E-state index is -0.702. The smallest absolute Gasteiger partial charge is 0.410 e. The van der Waals surface area contributed by atoms with Crippen LogP contribution in [0.5, 0.6) is 5.75 Å². The topological polar surface area (TPSA) is 84.3 Å². The van der Waals surface area contributed by atoms with Crippen molar-refractivity contribution in [2.75, 3.05) is 44.9 Å². The van der Waals surface area contributed by atoms with Crippen molar-refractivity contribution < 1.29 is 32.5 Å². The third kappa shape index (κ3) is 6.52. The first-order valence-corrected chi connectivity index (χ1v) is 12.5. The SMILES string of the molecule is COc1cc(F)c(CN(CCC2OCC3(CO2)CN(C(=O)OC(C)(C)C)C3)c2ccc(C#N)cc2)c(F)c1. The second-order valence-electron chi connectivity index (χ2n) is 10.8. The van der Waals surface area contributed by atoms with Crippen molar-refractivity contribution in [2.45, 2.75) is 45.6 Å². The van der Waals surface area contributed by atoms with Gasteiger partial charge in [0, 0.05) is 56.0 Å². The summed E-state index contributed by atoms with van der Waals surface area (Å²) < 4.78 is 51.8. The molecule has 4 rings (SSSR count). The molecule has 0 aromatic heterocycles. The van der Waals surface area contributed by atoms with Gasteiger partial charge in [-0.1, -0.05) is 0 Å². The van der Waals surface area contributed by atoms with Crippen LogP contribution in [0.3, 0.4) is 0 Å². The number of nitrogens with zero attached hydrogens (tertiary/aromatic N) is 3. The molecule has 2 fully saturated rings. The maximum Gasteiger partial charge on any atom is 0.410 e. The molecule has 0 bridgehead atoms. The number of hydrogen-bond acceptors (Lipinski definition) is 7. The number of carbonyl (C=O) groups excluding carboxylic acids is 1. The second-order valence-corrected chi connectivity index (χ2v) is 10.8. The van der Waals surface area contributed by atoms with Gasteiger partial charge in [-0.25, -0.2) is 13.6 Å². The van der Waals surface area contributed by atoms with Gasteiger partial charge in [0.15, 0.2) is 6.29 Å². The van der Waals surface area contributed by atoms with Gasteiger partial charge in [-0.15, -0.1) is 0 Å². The van der Waals surface area contributed by atoms with Crippen molar-refractivity contribution in [1.82, 2.24) is 4.90 Å². The van der Waals surface area contributed by atoms with Crippen molar-refractivity contribution in [3.05, 3.63) is 59.2 Å². The van der Waals surface area contributed by atoms with E-state index in [1.807, 2.05) is 25.7 Å². The number of methoxy groups -OCH3 is 1. The number of anilines is 1. The highest BCUT2D eigenvalue weighted by molar-refractivity contribution is 5.69. The highest BCUT2D eigenvalue weighted by Gasteiger charge is 2.49. The second kappa shape index (κ2) is 11.1. The van der Waals surface area contributed by atoms with Gasteiger partial charge in [0.2, 0.25) is 0 Å². The molecule has 0 atom stereocenters. The van der Waals surface area contributed by atoms with E-state index in [9.17, 15) is 13.6 Å². The lowest BCUT2D eigenvalue weighted by Crippen LogP contribution is -2.65. The number of benzene rings is 2. The minimum Gasteiger partial charge on any atom is -0.497 e. The largest absolute Gasteiger partial charge is 0.497 e. The van der Waals surface area contributed by atoms with E-state index in [4.69, 9.17) is 24.2 Å². The van der Waals surface area contributed by atoms with Gasteiger partial charge in [-0.3, -0.25) is 0 Å². The van der Waals surface area contributed by atoms with Crippen LogP contribution in [0.25, 0.3) is 0 Å². The van der Waals surface area contributed by atoms with Crippen LogP contribution in [0.2, 0.25) is 0 Å². The summed E-state index contributed by atoms with van der Waals surface area (Å²) in [4.78, 5) is 15.7. The van der Waals surface area contributed by atoms with E-state index in [2.05, 4.69) is 6.07 Å². The highest BCUT2D eigenvalue weighted by Crippen LogP contribution is 2.36. The fraction of sp³-hybridized carbons (Fsp3) is 0.500. The number of amides is 1. The standard InChI is InChI=1S/C28H33F2N3O5/c1-27(2,3)38-26(34)33-15-28(16-33)17-36-25(37-18-28)9-10-32(20-7-5-19(13-31)6-8-20)14-22-23(29)11-21(35-4)12-24(22)30/h5-8,11-12,25H,9-10,14-18H2,1-4H3. The summed E-state index contributed by atoms with van der Waals surface area (Å²) in [7, 11) is 1.35. The number of carbonyl (C=O) groups is 1. The third-order valence-electron chi connectivity index (χ3n) is 6.55. The van der Waals surface area contributed by atoms with Crippen LogP contribution in [-0.2, 0) is 20.8 Å². The molecule has 0 radical (unpaired) electrons. The average molecular weight is 530 g/mol. The molecule has 2 aromatic rings. The molecule has 2 saturated heterocycles. The molecule has 0 saturated carbocycles. The molecule has 204 valence electrons. The lowest BCUT2D eigenvalue weighted by atomic mass is 9.81. The van der Waals surface area contributed by atoms with E-state index in [-0.39, 0.29) is 29.4 Å². The minimum absolute atomic E-state index is 0.0327. The average Bonchev–Trinajstić information content (AvgIpc) is 2.85. The maximum absolute atomic E-state index is 14.7. The zero-order valence-electron chi connectivity index (χ0n) is 22.1. The van der Waals surface area contributed by atoms with Gasteiger partial charge < -0.3 is 28.7 Å². The maximum atomic E-state index is 14.7. The molecule has 0 unspecified atom stereocenters. The van der Waals surface area contributed by atoms with E-state index in [1.54, 1.807) is 29.2 Å². The zero-order chi connectivity index (χ0) is 27.5. The van der Waals surface area contributed by atoms with Gasteiger partial charge in [0.25, 0.3) is 0 Å². The number of ether oxygens (including phenoxy) is 4. The van der Waals surface area contributed by atoms with Crippen molar-refractivity contribution >= 4 is 11.8 Å². The monoisotopic (exact) mass is 529 g/mol. The predicted octanol–water partition coefficient (Wildman–Crippen LogP) is 4.85. The van der Waals surface area contributed by atoms with E-state index >= 15 is 0 Å². The number of nitriles is 1. The summed E-state index contributed by atoms with van der Waals surface area (Å²) in [6.45, 7) is 7.73. The van der Waals surface area contributed by atoms with Crippen molar-refractivity contribution in [3.63, 3.8) is 0 Å². The van der Waals surface area contributed by atoms with Gasteiger partial charge in [0.05, 0.1) is 37.4 Å². The Morgan fingerprint density at radius 1 is 1.16 bits per heavy atom. The van der Waals surface area contributed by atoms with Crippen LogP contribution in [0.15, 0.2) is 36.4 Å². The quantitative estimate of drug-likeness (QED) is 0.507. The van der Waals surface area contributed by atoms with Gasteiger partial charge in [-0.2, -0.15) is 5.26 Å². The first-order chi connectivity index (χ1) is 18.0. The zero-order valence-corrected chi connectivity index (χ0v) is 22.1. The molecule has 38 heavy (non-hydrogen) atoms. The van der Waals surface area contributed by atoms with Crippen LogP contribution < -0.4 is 9.64 Å². The van der Waals surface area contributed by atoms with Gasteiger partial charge >= 0.3 is 6.09 Å². The highest BCUT2D eigenvalue weighted by atomic mass is 19.1. The van der Waals surface area contributed by atoms with Crippen LogP contribution in [0.1, 0.15) is 38.3 Å². The Kier molecular flexibility index (Phi) is 8.09. The van der Waals surface area contributed by atoms with Crippen molar-refractivity contribution in [1.29, 1.82) is 5.26 Å². The Balaban J connectivity index is 1.37. The molecule has 2 aliphatic heterocycles. The molecule has 2 aromatic carbocycles. The molecule has 0 aliphatic carbocycles. The molecule has 0 N–H and O–H groups in total. The number of likely N-dealkylation sites (tertiary alicyclic amines) is 1. The first kappa shape index (κ1) is 27.6. The predicted molar refractivity (Wildman–Crippen MR) is 136 cm³/mol. The summed E-state index contributed by atoms with van der Waals surface area (Å²) in [6.07, 6.45) is -0.394. The van der Waals surface area contributed by atoms with E-state index in [1.165, 1.54) is 7.11 Å². The third-order valence-corrected chi connectivity index (χ3v) is 6.55. The Morgan fingerprint density at radius 2 is 1.76 bits per heavy atom. The normalized spacial score (nSPS) is 17.0. The van der Waals surface area contributed by atoms with Crippen molar-refractivity contribution in [2.24, 2.45) is 5.41 Å². The fourth-order valence-electron chi connectivity index (χ4n) is 4.54. The van der Waals surface area contributed by atoms with E-state index in [0.717, 1.165) is 12.1 Å². The summed E-state index contributed by atoms with van der Waals surface area (Å²) in [5, 5.41) is 9.13. The molecule has 2 heterocycles.